The average Bonchev–Trinajstić information content (AvgIpc) is 2.95. The van der Waals surface area contributed by atoms with E-state index < -0.39 is 0 Å². The summed E-state index contributed by atoms with van der Waals surface area (Å²) in [5.74, 6) is 0.357. The first-order valence-corrected chi connectivity index (χ1v) is 8.16. The molecular formula is C16H14N4O3S+2. The molecule has 0 spiro atoms. The number of amides is 1. The molecule has 1 amide bonds. The Morgan fingerprint density at radius 3 is 3.04 bits per heavy atom. The first kappa shape index (κ1) is 14.6. The van der Waals surface area contributed by atoms with Gasteiger partial charge >= 0.3 is 5.91 Å². The lowest BCUT2D eigenvalue weighted by molar-refractivity contribution is -0.482. The fourth-order valence-corrected chi connectivity index (χ4v) is 3.39. The van der Waals surface area contributed by atoms with Crippen molar-refractivity contribution in [1.29, 1.82) is 0 Å². The van der Waals surface area contributed by atoms with Crippen molar-refractivity contribution in [2.24, 2.45) is 0 Å². The molecule has 0 saturated carbocycles. The predicted octanol–water partition coefficient (Wildman–Crippen LogP) is 1.37. The second-order valence-corrected chi connectivity index (χ2v) is 6.20. The molecule has 1 aliphatic rings. The van der Waals surface area contributed by atoms with E-state index in [1.807, 2.05) is 10.8 Å². The van der Waals surface area contributed by atoms with E-state index in [9.17, 15) is 9.90 Å². The van der Waals surface area contributed by atoms with Gasteiger partial charge in [0.15, 0.2) is 5.69 Å². The molecule has 120 valence electrons. The number of carbonyl (C=O) groups excluding carboxylic acids is 1. The van der Waals surface area contributed by atoms with E-state index in [1.54, 1.807) is 17.6 Å². The van der Waals surface area contributed by atoms with Crippen LogP contribution in [-0.4, -0.2) is 26.1 Å². The van der Waals surface area contributed by atoms with Crippen LogP contribution in [0.1, 0.15) is 5.56 Å². The quantitative estimate of drug-likeness (QED) is 0.481. The number of nitrogens with zero attached hydrogens (tertiary/aromatic N) is 2. The fraction of sp³-hybridized carbons (Fsp3) is 0.0625. The Morgan fingerprint density at radius 2 is 2.21 bits per heavy atom. The molecule has 2 aromatic heterocycles. The van der Waals surface area contributed by atoms with Crippen molar-refractivity contribution in [3.8, 4) is 22.8 Å². The van der Waals surface area contributed by atoms with Crippen LogP contribution in [-0.2, 0) is 11.2 Å². The molecule has 8 heteroatoms. The van der Waals surface area contributed by atoms with E-state index >= 15 is 0 Å². The Balaban J connectivity index is 1.74. The van der Waals surface area contributed by atoms with E-state index in [1.165, 1.54) is 23.5 Å². The van der Waals surface area contributed by atoms with Crippen molar-refractivity contribution in [3.63, 3.8) is 0 Å². The van der Waals surface area contributed by atoms with Gasteiger partial charge in [-0.3, -0.25) is 0 Å². The summed E-state index contributed by atoms with van der Waals surface area (Å²) in [7, 11) is 0. The van der Waals surface area contributed by atoms with Crippen molar-refractivity contribution in [2.75, 3.05) is 5.32 Å². The second-order valence-electron chi connectivity index (χ2n) is 5.45. The lowest BCUT2D eigenvalue weighted by Crippen LogP contribution is -2.82. The van der Waals surface area contributed by atoms with E-state index in [0.717, 1.165) is 22.5 Å². The number of aromatic hydroxyl groups is 1. The molecule has 0 radical (unpaired) electrons. The topological polar surface area (TPSA) is 115 Å². The third-order valence-electron chi connectivity index (χ3n) is 3.75. The molecule has 0 bridgehead atoms. The van der Waals surface area contributed by atoms with Gasteiger partial charge in [0.05, 0.1) is 34.8 Å². The molecule has 3 heterocycles. The standard InChI is InChI=1S/C16H12N4O3S/c21-12-2-1-9(4-13(12)22)18-16-17-5-8-3-14(23)19-11-7-24-6-10(11)15(8)20-16/h1-2,4-7,21-22H,3H2,(H,19,23)(H,17,18,20)/p+2. The molecule has 3 aromatic rings. The Labute approximate surface area is 140 Å². The molecule has 0 saturated heterocycles. The largest absolute Gasteiger partial charge is 0.591 e. The number of nitrogens with two attached hydrogens (primary N) is 1. The lowest BCUT2D eigenvalue weighted by Gasteiger charge is -2.08. The molecule has 0 atom stereocenters. The fourth-order valence-electron chi connectivity index (χ4n) is 2.60. The van der Waals surface area contributed by atoms with Crippen LogP contribution in [0.2, 0.25) is 0 Å². The van der Waals surface area contributed by atoms with Crippen LogP contribution in [0.5, 0.6) is 11.5 Å². The number of quaternary nitrogens is 1. The van der Waals surface area contributed by atoms with Gasteiger partial charge in [0.2, 0.25) is 11.7 Å². The second kappa shape index (κ2) is 5.59. The number of phenols is 1. The Hall–Kier alpha value is -2.97. The number of fused-ring (bicyclic) bond motifs is 3. The summed E-state index contributed by atoms with van der Waals surface area (Å²) in [6, 6.07) is 4.59. The first-order chi connectivity index (χ1) is 11.6. The Kier molecular flexibility index (Phi) is 3.40. The molecule has 0 fully saturated rings. The third kappa shape index (κ3) is 2.57. The maximum Gasteiger partial charge on any atom is 0.320 e. The molecule has 0 aliphatic carbocycles. The SMILES string of the molecule is O=C1Cc2cnc(Nc3ccc(O)c([OH2+])c3)nc2-c2cscc2[NH2+]1. The molecule has 4 rings (SSSR count). The highest BCUT2D eigenvalue weighted by molar-refractivity contribution is 7.08. The minimum absolute atomic E-state index is 0.0232. The minimum Gasteiger partial charge on any atom is -0.591 e. The molecule has 6 N–H and O–H groups in total. The number of hydrogen-bond acceptors (Lipinski definition) is 6. The molecule has 1 aliphatic heterocycles. The van der Waals surface area contributed by atoms with Crippen molar-refractivity contribution >= 4 is 34.6 Å². The smallest absolute Gasteiger partial charge is 0.320 e. The summed E-state index contributed by atoms with van der Waals surface area (Å²) in [5, 5.41) is 25.6. The van der Waals surface area contributed by atoms with Crippen LogP contribution in [0.15, 0.2) is 35.2 Å². The number of aromatic nitrogens is 2. The zero-order valence-corrected chi connectivity index (χ0v) is 13.2. The normalized spacial score (nSPS) is 13.1. The average molecular weight is 342 g/mol. The van der Waals surface area contributed by atoms with E-state index in [0.29, 0.717) is 11.6 Å². The highest BCUT2D eigenvalue weighted by Crippen LogP contribution is 2.33. The molecule has 7 nitrogen and oxygen atoms in total. The van der Waals surface area contributed by atoms with Gasteiger partial charge in [-0.25, -0.2) is 20.1 Å². The van der Waals surface area contributed by atoms with Gasteiger partial charge in [-0.2, -0.15) is 0 Å². The van der Waals surface area contributed by atoms with Crippen LogP contribution < -0.4 is 10.6 Å². The zero-order valence-electron chi connectivity index (χ0n) is 12.4. The van der Waals surface area contributed by atoms with E-state index in [-0.39, 0.29) is 23.8 Å². The number of nitrogens with one attached hydrogen (secondary N) is 1. The molecular weight excluding hydrogens is 328 g/mol. The monoisotopic (exact) mass is 342 g/mol. The van der Waals surface area contributed by atoms with Gasteiger partial charge in [0.1, 0.15) is 0 Å². The lowest BCUT2D eigenvalue weighted by atomic mass is 10.1. The van der Waals surface area contributed by atoms with Crippen LogP contribution in [0.25, 0.3) is 11.3 Å². The van der Waals surface area contributed by atoms with Gasteiger partial charge in [-0.15, -0.1) is 11.3 Å². The van der Waals surface area contributed by atoms with Gasteiger partial charge in [0.25, 0.3) is 5.75 Å². The maximum atomic E-state index is 12.0. The number of rotatable bonds is 2. The minimum atomic E-state index is -0.0830. The summed E-state index contributed by atoms with van der Waals surface area (Å²) < 4.78 is 0. The molecule has 1 aromatic carbocycles. The third-order valence-corrected chi connectivity index (χ3v) is 4.51. The number of primary amides is 1. The van der Waals surface area contributed by atoms with Gasteiger partial charge in [0, 0.05) is 17.1 Å². The number of carbonyl (C=O) groups is 1. The van der Waals surface area contributed by atoms with Gasteiger partial charge < -0.3 is 15.5 Å². The highest BCUT2D eigenvalue weighted by Gasteiger charge is 2.25. The van der Waals surface area contributed by atoms with Gasteiger partial charge in [-0.05, 0) is 12.1 Å². The molecule has 0 unspecified atom stereocenters. The highest BCUT2D eigenvalue weighted by atomic mass is 32.1. The summed E-state index contributed by atoms with van der Waals surface area (Å²) in [4.78, 5) is 20.8. The summed E-state index contributed by atoms with van der Waals surface area (Å²) in [6.45, 7) is 0. The Morgan fingerprint density at radius 1 is 1.33 bits per heavy atom. The zero-order chi connectivity index (χ0) is 16.7. The number of benzene rings is 1. The summed E-state index contributed by atoms with van der Waals surface area (Å²) >= 11 is 1.53. The molecule has 24 heavy (non-hydrogen) atoms. The predicted molar refractivity (Wildman–Crippen MR) is 90.1 cm³/mol. The van der Waals surface area contributed by atoms with Crippen LogP contribution >= 0.6 is 11.3 Å². The van der Waals surface area contributed by atoms with Crippen molar-refractivity contribution in [1.82, 2.24) is 9.97 Å². The Bertz CT molecular complexity index is 954. The van der Waals surface area contributed by atoms with Crippen LogP contribution in [0, 0.1) is 0 Å². The number of hydrogen-bond donors (Lipinski definition) is 3. The van der Waals surface area contributed by atoms with E-state index in [2.05, 4.69) is 15.3 Å². The van der Waals surface area contributed by atoms with Gasteiger partial charge in [-0.1, -0.05) is 0 Å². The van der Waals surface area contributed by atoms with Crippen LogP contribution in [0.4, 0.5) is 17.3 Å². The van der Waals surface area contributed by atoms with Crippen molar-refractivity contribution in [2.45, 2.75) is 6.42 Å². The number of anilines is 2. The maximum absolute atomic E-state index is 12.0. The number of phenolic OH excluding ortho intramolecular Hbond substituents is 1. The van der Waals surface area contributed by atoms with Crippen LogP contribution in [0.3, 0.4) is 0 Å². The number of thiophene rings is 1. The van der Waals surface area contributed by atoms with Crippen molar-refractivity contribution in [3.05, 3.63) is 40.7 Å². The van der Waals surface area contributed by atoms with Crippen molar-refractivity contribution < 1.29 is 20.3 Å². The first-order valence-electron chi connectivity index (χ1n) is 7.22. The summed E-state index contributed by atoms with van der Waals surface area (Å²) in [5.41, 5.74) is 3.96. The van der Waals surface area contributed by atoms with E-state index in [4.69, 9.17) is 5.11 Å². The summed E-state index contributed by atoms with van der Waals surface area (Å²) in [6.07, 6.45) is 1.94.